The number of carboxylic acids is 1. The van der Waals surface area contributed by atoms with E-state index in [0.29, 0.717) is 4.88 Å². The van der Waals surface area contributed by atoms with Crippen LogP contribution in [0.5, 0.6) is 0 Å². The predicted molar refractivity (Wildman–Crippen MR) is 86.3 cm³/mol. The number of carbonyl (C=O) groups is 2. The number of hydrogen-bond donors (Lipinski definition) is 2. The van der Waals surface area contributed by atoms with E-state index in [4.69, 9.17) is 5.11 Å². The second kappa shape index (κ2) is 5.25. The van der Waals surface area contributed by atoms with E-state index in [1.165, 1.54) is 41.9 Å². The van der Waals surface area contributed by atoms with Gasteiger partial charge in [0.25, 0.3) is 5.91 Å². The molecule has 1 heterocycles. The Hall–Kier alpha value is -2.14. The molecule has 0 radical (unpaired) electrons. The summed E-state index contributed by atoms with van der Waals surface area (Å²) in [5.41, 5.74) is 2.38. The van der Waals surface area contributed by atoms with Crippen molar-refractivity contribution in [2.75, 3.05) is 0 Å². The summed E-state index contributed by atoms with van der Waals surface area (Å²) in [6.07, 6.45) is 1.89. The van der Waals surface area contributed by atoms with Gasteiger partial charge in [0, 0.05) is 4.88 Å². The second-order valence-electron chi connectivity index (χ2n) is 6.01. The van der Waals surface area contributed by atoms with Gasteiger partial charge in [-0.2, -0.15) is 0 Å². The van der Waals surface area contributed by atoms with E-state index in [1.807, 2.05) is 18.2 Å². The molecule has 0 spiro atoms. The molecule has 1 amide bonds. The fourth-order valence-electron chi connectivity index (χ4n) is 2.58. The summed E-state index contributed by atoms with van der Waals surface area (Å²) in [4.78, 5) is 25.2. The number of aliphatic carboxylic acids is 1. The molecule has 0 aliphatic heterocycles. The molecular weight excluding hydrogens is 298 g/mol. The van der Waals surface area contributed by atoms with E-state index < -0.39 is 11.5 Å². The van der Waals surface area contributed by atoms with Crippen LogP contribution < -0.4 is 5.32 Å². The molecule has 3 rings (SSSR count). The van der Waals surface area contributed by atoms with Gasteiger partial charge in [-0.15, -0.1) is 11.3 Å². The van der Waals surface area contributed by atoms with Gasteiger partial charge in [0.15, 0.2) is 0 Å². The average molecular weight is 315 g/mol. The molecule has 0 bridgehead atoms. The van der Waals surface area contributed by atoms with E-state index >= 15 is 0 Å². The molecule has 2 N–H and O–H groups in total. The van der Waals surface area contributed by atoms with Gasteiger partial charge >= 0.3 is 5.97 Å². The van der Waals surface area contributed by atoms with E-state index in [2.05, 4.69) is 17.4 Å². The molecule has 114 valence electrons. The van der Waals surface area contributed by atoms with Crippen molar-refractivity contribution in [3.8, 4) is 10.4 Å². The van der Waals surface area contributed by atoms with Crippen molar-refractivity contribution in [1.82, 2.24) is 5.32 Å². The first kappa shape index (κ1) is 14.8. The number of fused-ring (bicyclic) bond motifs is 3. The normalized spacial score (nSPS) is 13.2. The number of nitrogens with one attached hydrogen (secondary N) is 1. The highest BCUT2D eigenvalue weighted by Gasteiger charge is 2.30. The van der Waals surface area contributed by atoms with Crippen molar-refractivity contribution < 1.29 is 14.7 Å². The first-order valence-corrected chi connectivity index (χ1v) is 7.97. The van der Waals surface area contributed by atoms with Gasteiger partial charge in [-0.3, -0.25) is 4.79 Å². The fourth-order valence-corrected chi connectivity index (χ4v) is 3.75. The maximum atomic E-state index is 12.3. The first-order chi connectivity index (χ1) is 10.4. The molecule has 5 heteroatoms. The molecule has 0 fully saturated rings. The highest BCUT2D eigenvalue weighted by atomic mass is 32.1. The number of benzene rings is 1. The molecule has 1 aromatic carbocycles. The van der Waals surface area contributed by atoms with E-state index in [1.54, 1.807) is 0 Å². The second-order valence-corrected chi connectivity index (χ2v) is 7.06. The molecule has 1 aromatic heterocycles. The lowest BCUT2D eigenvalue weighted by atomic mass is 9.91. The van der Waals surface area contributed by atoms with Crippen LogP contribution >= 0.6 is 11.3 Å². The Morgan fingerprint density at radius 1 is 1.18 bits per heavy atom. The maximum absolute atomic E-state index is 12.3. The van der Waals surface area contributed by atoms with E-state index in [-0.39, 0.29) is 5.91 Å². The highest BCUT2D eigenvalue weighted by Crippen LogP contribution is 2.39. The molecule has 4 nitrogen and oxygen atoms in total. The fraction of sp³-hybridized carbons (Fsp3) is 0.294. The van der Waals surface area contributed by atoms with Crippen molar-refractivity contribution in [2.45, 2.75) is 32.2 Å². The molecule has 22 heavy (non-hydrogen) atoms. The quantitative estimate of drug-likeness (QED) is 0.914. The summed E-state index contributed by atoms with van der Waals surface area (Å²) < 4.78 is 0. The summed E-state index contributed by atoms with van der Waals surface area (Å²) in [7, 11) is 0. The Morgan fingerprint density at radius 3 is 2.59 bits per heavy atom. The van der Waals surface area contributed by atoms with Gasteiger partial charge < -0.3 is 10.4 Å². The standard InChI is InChI=1S/C17H17NO3S/c1-17(2,16(20)21)18-15(19)13-9-11-8-7-10-5-3-4-6-12(10)14(11)22-13/h3-6,9H,7-8H2,1-2H3,(H,18,19)(H,20,21). The van der Waals surface area contributed by atoms with Crippen LogP contribution in [0.2, 0.25) is 0 Å². The Labute approximate surface area is 132 Å². The van der Waals surface area contributed by atoms with E-state index in [0.717, 1.165) is 17.7 Å². The van der Waals surface area contributed by atoms with Crippen LogP contribution in [0.3, 0.4) is 0 Å². The lowest BCUT2D eigenvalue weighted by molar-refractivity contribution is -0.143. The van der Waals surface area contributed by atoms with Gasteiger partial charge in [0.2, 0.25) is 0 Å². The van der Waals surface area contributed by atoms with Crippen LogP contribution in [0.25, 0.3) is 10.4 Å². The van der Waals surface area contributed by atoms with Crippen LogP contribution in [-0.4, -0.2) is 22.5 Å². The van der Waals surface area contributed by atoms with Crippen molar-refractivity contribution >= 4 is 23.2 Å². The third-order valence-corrected chi connectivity index (χ3v) is 5.13. The number of carbonyl (C=O) groups excluding carboxylic acids is 1. The number of hydrogen-bond acceptors (Lipinski definition) is 3. The molecule has 0 saturated heterocycles. The van der Waals surface area contributed by atoms with Gasteiger partial charge in [0.05, 0.1) is 4.88 Å². The smallest absolute Gasteiger partial charge is 0.328 e. The number of carboxylic acid groups (broad SMARTS) is 1. The SMILES string of the molecule is CC(C)(NC(=O)c1cc2c(s1)-c1ccccc1CC2)C(=O)O. The predicted octanol–water partition coefficient (Wildman–Crippen LogP) is 3.11. The summed E-state index contributed by atoms with van der Waals surface area (Å²) in [6, 6.07) is 10.1. The molecular formula is C17H17NO3S. The number of thiophene rings is 1. The Bertz CT molecular complexity index is 761. The monoisotopic (exact) mass is 315 g/mol. The van der Waals surface area contributed by atoms with Crippen LogP contribution in [0.4, 0.5) is 0 Å². The van der Waals surface area contributed by atoms with E-state index in [9.17, 15) is 9.59 Å². The Balaban J connectivity index is 1.92. The number of aryl methyl sites for hydroxylation is 2. The Kier molecular flexibility index (Phi) is 3.53. The number of amides is 1. The third-order valence-electron chi connectivity index (χ3n) is 3.92. The minimum atomic E-state index is -1.28. The minimum absolute atomic E-state index is 0.329. The van der Waals surface area contributed by atoms with Crippen LogP contribution in [0, 0.1) is 0 Å². The van der Waals surface area contributed by atoms with Crippen LogP contribution in [-0.2, 0) is 17.6 Å². The molecule has 2 aromatic rings. The largest absolute Gasteiger partial charge is 0.480 e. The van der Waals surface area contributed by atoms with Gasteiger partial charge in [-0.1, -0.05) is 24.3 Å². The first-order valence-electron chi connectivity index (χ1n) is 7.15. The average Bonchev–Trinajstić information content (AvgIpc) is 2.91. The Morgan fingerprint density at radius 2 is 1.86 bits per heavy atom. The third kappa shape index (κ3) is 2.52. The number of rotatable bonds is 3. The van der Waals surface area contributed by atoms with Crippen molar-refractivity contribution in [3.05, 3.63) is 46.3 Å². The van der Waals surface area contributed by atoms with Gasteiger partial charge in [-0.05, 0) is 49.4 Å². The summed E-state index contributed by atoms with van der Waals surface area (Å²) in [5, 5.41) is 11.7. The zero-order chi connectivity index (χ0) is 15.9. The maximum Gasteiger partial charge on any atom is 0.328 e. The van der Waals surface area contributed by atoms with Crippen molar-refractivity contribution in [3.63, 3.8) is 0 Å². The molecule has 1 aliphatic rings. The summed E-state index contributed by atoms with van der Waals surface area (Å²) in [5.74, 6) is -1.38. The van der Waals surface area contributed by atoms with Crippen LogP contribution in [0.15, 0.2) is 30.3 Å². The zero-order valence-corrected chi connectivity index (χ0v) is 13.3. The summed E-state index contributed by atoms with van der Waals surface area (Å²) in [6.45, 7) is 2.96. The van der Waals surface area contributed by atoms with Crippen molar-refractivity contribution in [1.29, 1.82) is 0 Å². The topological polar surface area (TPSA) is 66.4 Å². The summed E-state index contributed by atoms with van der Waals surface area (Å²) >= 11 is 1.43. The molecule has 0 unspecified atom stereocenters. The van der Waals surface area contributed by atoms with Crippen LogP contribution in [0.1, 0.15) is 34.6 Å². The lowest BCUT2D eigenvalue weighted by Gasteiger charge is -2.20. The lowest BCUT2D eigenvalue weighted by Crippen LogP contribution is -2.49. The molecule has 0 atom stereocenters. The zero-order valence-electron chi connectivity index (χ0n) is 12.5. The van der Waals surface area contributed by atoms with Gasteiger partial charge in [-0.25, -0.2) is 4.79 Å². The van der Waals surface area contributed by atoms with Gasteiger partial charge in [0.1, 0.15) is 5.54 Å². The molecule has 0 saturated carbocycles. The van der Waals surface area contributed by atoms with Crippen molar-refractivity contribution in [2.24, 2.45) is 0 Å². The molecule has 1 aliphatic carbocycles. The highest BCUT2D eigenvalue weighted by molar-refractivity contribution is 7.17. The minimum Gasteiger partial charge on any atom is -0.480 e.